The van der Waals surface area contributed by atoms with E-state index < -0.39 is 0 Å². The highest BCUT2D eigenvalue weighted by Gasteiger charge is 2.21. The zero-order valence-corrected chi connectivity index (χ0v) is 17.5. The van der Waals surface area contributed by atoms with E-state index in [0.717, 1.165) is 56.4 Å². The zero-order valence-electron chi connectivity index (χ0n) is 17.5. The Morgan fingerprint density at radius 3 is 2.28 bits per heavy atom. The summed E-state index contributed by atoms with van der Waals surface area (Å²) in [4.78, 5) is 16.7. The van der Waals surface area contributed by atoms with Gasteiger partial charge in [-0.3, -0.25) is 9.69 Å². The third-order valence-corrected chi connectivity index (χ3v) is 5.27. The monoisotopic (exact) mass is 398 g/mol. The molecule has 2 aromatic rings. The molecule has 6 heteroatoms. The number of rotatable bonds is 8. The Morgan fingerprint density at radius 2 is 1.62 bits per heavy atom. The number of methoxy groups -OCH3 is 2. The van der Waals surface area contributed by atoms with Crippen molar-refractivity contribution in [2.45, 2.75) is 13.3 Å². The van der Waals surface area contributed by atoms with Gasteiger partial charge in [0.1, 0.15) is 5.75 Å². The first-order chi connectivity index (χ1) is 14.1. The third-order valence-electron chi connectivity index (χ3n) is 5.27. The summed E-state index contributed by atoms with van der Waals surface area (Å²) >= 11 is 0. The van der Waals surface area contributed by atoms with E-state index in [2.05, 4.69) is 11.0 Å². The highest BCUT2D eigenvalue weighted by Crippen LogP contribution is 2.27. The summed E-state index contributed by atoms with van der Waals surface area (Å²) in [7, 11) is 3.30. The SMILES string of the molecule is COc1ccc(CCN2CCN(C(=O)COc3ccc(C)cc3)CC2)cc1OC. The van der Waals surface area contributed by atoms with Gasteiger partial charge in [0, 0.05) is 32.7 Å². The number of carbonyl (C=O) groups excluding carboxylic acids is 1. The van der Waals surface area contributed by atoms with Crippen LogP contribution in [0.25, 0.3) is 0 Å². The topological polar surface area (TPSA) is 51.2 Å². The van der Waals surface area contributed by atoms with Crippen molar-refractivity contribution in [2.75, 3.05) is 53.6 Å². The molecule has 0 saturated carbocycles. The Bertz CT molecular complexity index is 799. The molecular weight excluding hydrogens is 368 g/mol. The van der Waals surface area contributed by atoms with Gasteiger partial charge in [0.15, 0.2) is 18.1 Å². The van der Waals surface area contributed by atoms with Crippen LogP contribution in [-0.4, -0.2) is 69.3 Å². The molecule has 0 unspecified atom stereocenters. The number of aryl methyl sites for hydroxylation is 1. The van der Waals surface area contributed by atoms with Crippen molar-refractivity contribution in [1.29, 1.82) is 0 Å². The van der Waals surface area contributed by atoms with E-state index in [-0.39, 0.29) is 12.5 Å². The lowest BCUT2D eigenvalue weighted by molar-refractivity contribution is -0.135. The van der Waals surface area contributed by atoms with Crippen molar-refractivity contribution in [3.8, 4) is 17.2 Å². The second kappa shape index (κ2) is 10.2. The van der Waals surface area contributed by atoms with Gasteiger partial charge in [0.25, 0.3) is 5.91 Å². The molecule has 2 aromatic carbocycles. The van der Waals surface area contributed by atoms with Crippen molar-refractivity contribution in [1.82, 2.24) is 9.80 Å². The van der Waals surface area contributed by atoms with Crippen LogP contribution in [0.5, 0.6) is 17.2 Å². The van der Waals surface area contributed by atoms with Gasteiger partial charge in [-0.2, -0.15) is 0 Å². The van der Waals surface area contributed by atoms with Crippen molar-refractivity contribution in [2.24, 2.45) is 0 Å². The number of benzene rings is 2. The van der Waals surface area contributed by atoms with Gasteiger partial charge >= 0.3 is 0 Å². The van der Waals surface area contributed by atoms with E-state index in [1.54, 1.807) is 14.2 Å². The molecule has 0 aromatic heterocycles. The maximum absolute atomic E-state index is 12.4. The van der Waals surface area contributed by atoms with Gasteiger partial charge in [0.05, 0.1) is 14.2 Å². The molecule has 6 nitrogen and oxygen atoms in total. The first kappa shape index (κ1) is 21.0. The van der Waals surface area contributed by atoms with Gasteiger partial charge in [0.2, 0.25) is 0 Å². The zero-order chi connectivity index (χ0) is 20.6. The predicted molar refractivity (Wildman–Crippen MR) is 113 cm³/mol. The van der Waals surface area contributed by atoms with Crippen LogP contribution < -0.4 is 14.2 Å². The molecule has 1 fully saturated rings. The van der Waals surface area contributed by atoms with E-state index in [0.29, 0.717) is 0 Å². The molecule has 156 valence electrons. The molecule has 0 aliphatic carbocycles. The van der Waals surface area contributed by atoms with Gasteiger partial charge in [-0.25, -0.2) is 0 Å². The van der Waals surface area contributed by atoms with E-state index in [1.807, 2.05) is 48.2 Å². The number of ether oxygens (including phenoxy) is 3. The van der Waals surface area contributed by atoms with Crippen molar-refractivity contribution < 1.29 is 19.0 Å². The molecule has 29 heavy (non-hydrogen) atoms. The molecule has 1 heterocycles. The summed E-state index contributed by atoms with van der Waals surface area (Å²) in [6, 6.07) is 13.8. The minimum atomic E-state index is 0.0464. The van der Waals surface area contributed by atoms with Crippen LogP contribution in [0, 0.1) is 6.92 Å². The number of hydrogen-bond donors (Lipinski definition) is 0. The largest absolute Gasteiger partial charge is 0.493 e. The molecule has 1 saturated heterocycles. The van der Waals surface area contributed by atoms with Crippen molar-refractivity contribution in [3.05, 3.63) is 53.6 Å². The molecule has 1 amide bonds. The fraction of sp³-hybridized carbons (Fsp3) is 0.435. The van der Waals surface area contributed by atoms with E-state index in [9.17, 15) is 4.79 Å². The first-order valence-corrected chi connectivity index (χ1v) is 9.99. The maximum atomic E-state index is 12.4. The Hall–Kier alpha value is -2.73. The van der Waals surface area contributed by atoms with Gasteiger partial charge < -0.3 is 19.1 Å². The number of nitrogens with zero attached hydrogens (tertiary/aromatic N) is 2. The lowest BCUT2D eigenvalue weighted by atomic mass is 10.1. The molecule has 0 atom stereocenters. The smallest absolute Gasteiger partial charge is 0.260 e. The van der Waals surface area contributed by atoms with E-state index in [1.165, 1.54) is 11.1 Å². The molecule has 1 aliphatic heterocycles. The number of amides is 1. The lowest BCUT2D eigenvalue weighted by Crippen LogP contribution is -2.50. The number of hydrogen-bond acceptors (Lipinski definition) is 5. The fourth-order valence-electron chi connectivity index (χ4n) is 3.42. The van der Waals surface area contributed by atoms with Crippen LogP contribution in [0.3, 0.4) is 0 Å². The quantitative estimate of drug-likeness (QED) is 0.684. The van der Waals surface area contributed by atoms with Crippen LogP contribution in [-0.2, 0) is 11.2 Å². The van der Waals surface area contributed by atoms with Crippen LogP contribution in [0.4, 0.5) is 0 Å². The Labute approximate surface area is 173 Å². The summed E-state index contributed by atoms with van der Waals surface area (Å²) in [6.45, 7) is 6.31. The minimum Gasteiger partial charge on any atom is -0.493 e. The number of piperazine rings is 1. The first-order valence-electron chi connectivity index (χ1n) is 9.99. The summed E-state index contributed by atoms with van der Waals surface area (Å²) in [5.41, 5.74) is 2.39. The van der Waals surface area contributed by atoms with Crippen LogP contribution in [0.15, 0.2) is 42.5 Å². The average molecular weight is 399 g/mol. The normalized spacial score (nSPS) is 14.5. The van der Waals surface area contributed by atoms with E-state index >= 15 is 0 Å². The standard InChI is InChI=1S/C23H30N2O4/c1-18-4-7-20(8-5-18)29-17-23(26)25-14-12-24(13-15-25)11-10-19-6-9-21(27-2)22(16-19)28-3/h4-9,16H,10-15,17H2,1-3H3. The van der Waals surface area contributed by atoms with Crippen LogP contribution >= 0.6 is 0 Å². The highest BCUT2D eigenvalue weighted by molar-refractivity contribution is 5.77. The van der Waals surface area contributed by atoms with Crippen LogP contribution in [0.1, 0.15) is 11.1 Å². The summed E-state index contributed by atoms with van der Waals surface area (Å²) in [6.07, 6.45) is 0.935. The maximum Gasteiger partial charge on any atom is 0.260 e. The van der Waals surface area contributed by atoms with Crippen LogP contribution in [0.2, 0.25) is 0 Å². The van der Waals surface area contributed by atoms with Gasteiger partial charge in [-0.1, -0.05) is 23.8 Å². The molecule has 0 N–H and O–H groups in total. The molecule has 3 rings (SSSR count). The average Bonchev–Trinajstić information content (AvgIpc) is 2.77. The second-order valence-corrected chi connectivity index (χ2v) is 7.26. The lowest BCUT2D eigenvalue weighted by Gasteiger charge is -2.34. The predicted octanol–water partition coefficient (Wildman–Crippen LogP) is 2.78. The summed E-state index contributed by atoms with van der Waals surface area (Å²) in [5, 5.41) is 0. The van der Waals surface area contributed by atoms with Crippen molar-refractivity contribution >= 4 is 5.91 Å². The highest BCUT2D eigenvalue weighted by atomic mass is 16.5. The second-order valence-electron chi connectivity index (χ2n) is 7.26. The molecule has 0 bridgehead atoms. The molecule has 0 radical (unpaired) electrons. The van der Waals surface area contributed by atoms with Gasteiger partial charge in [-0.05, 0) is 43.2 Å². The van der Waals surface area contributed by atoms with Gasteiger partial charge in [-0.15, -0.1) is 0 Å². The number of carbonyl (C=O) groups is 1. The summed E-state index contributed by atoms with van der Waals surface area (Å²) < 4.78 is 16.3. The fourth-order valence-corrected chi connectivity index (χ4v) is 3.42. The third kappa shape index (κ3) is 5.87. The minimum absolute atomic E-state index is 0.0464. The molecule has 0 spiro atoms. The molecule has 1 aliphatic rings. The summed E-state index contributed by atoms with van der Waals surface area (Å²) in [5.74, 6) is 2.29. The Balaban J connectivity index is 1.40. The van der Waals surface area contributed by atoms with Crippen molar-refractivity contribution in [3.63, 3.8) is 0 Å². The molecular formula is C23H30N2O4. The van der Waals surface area contributed by atoms with E-state index in [4.69, 9.17) is 14.2 Å². The Kier molecular flexibility index (Phi) is 7.36. The Morgan fingerprint density at radius 1 is 0.931 bits per heavy atom.